The summed E-state index contributed by atoms with van der Waals surface area (Å²) >= 11 is 3.43. The Morgan fingerprint density at radius 3 is 3.05 bits per heavy atom. The average Bonchev–Trinajstić information content (AvgIpc) is 2.85. The van der Waals surface area contributed by atoms with Crippen LogP contribution >= 0.6 is 15.9 Å². The number of likely N-dealkylation sites (tertiary alicyclic amines) is 1. The minimum absolute atomic E-state index is 0.0389. The average molecular weight is 369 g/mol. The first-order valence-electron chi connectivity index (χ1n) is 7.39. The summed E-state index contributed by atoms with van der Waals surface area (Å²) < 4.78 is 5.93. The standard InChI is InChI=1S/C16H21BrN2O3/c1-22-7-3-6-18-16(21)13-9-15(20)19(11-13)10-12-4-2-5-14(17)8-12/h2,4-5,8,13H,3,6-7,9-11H2,1H3,(H,18,21). The molecule has 22 heavy (non-hydrogen) atoms. The molecule has 120 valence electrons. The maximum atomic E-state index is 12.1. The lowest BCUT2D eigenvalue weighted by molar-refractivity contribution is -0.129. The van der Waals surface area contributed by atoms with Crippen LogP contribution in [0.2, 0.25) is 0 Å². The number of carbonyl (C=O) groups is 2. The number of amides is 2. The number of nitrogens with one attached hydrogen (secondary N) is 1. The molecule has 0 bridgehead atoms. The van der Waals surface area contributed by atoms with Gasteiger partial charge in [-0.1, -0.05) is 28.1 Å². The van der Waals surface area contributed by atoms with E-state index in [0.29, 0.717) is 32.7 Å². The van der Waals surface area contributed by atoms with Crippen LogP contribution in [-0.2, 0) is 20.9 Å². The van der Waals surface area contributed by atoms with Crippen molar-refractivity contribution >= 4 is 27.7 Å². The molecule has 1 aliphatic heterocycles. The zero-order valence-corrected chi connectivity index (χ0v) is 14.3. The van der Waals surface area contributed by atoms with Crippen LogP contribution in [0, 0.1) is 5.92 Å². The second kappa shape index (κ2) is 8.29. The number of halogens is 1. The fourth-order valence-electron chi connectivity index (χ4n) is 2.53. The van der Waals surface area contributed by atoms with Crippen molar-refractivity contribution in [2.45, 2.75) is 19.4 Å². The zero-order valence-electron chi connectivity index (χ0n) is 12.7. The van der Waals surface area contributed by atoms with Crippen LogP contribution < -0.4 is 5.32 Å². The van der Waals surface area contributed by atoms with Gasteiger partial charge >= 0.3 is 0 Å². The number of nitrogens with zero attached hydrogens (tertiary/aromatic N) is 1. The van der Waals surface area contributed by atoms with Crippen LogP contribution in [0.5, 0.6) is 0 Å². The van der Waals surface area contributed by atoms with Gasteiger partial charge in [0.1, 0.15) is 0 Å². The molecule has 0 saturated carbocycles. The smallest absolute Gasteiger partial charge is 0.225 e. The number of hydrogen-bond donors (Lipinski definition) is 1. The molecule has 1 saturated heterocycles. The molecule has 1 atom stereocenters. The highest BCUT2D eigenvalue weighted by Gasteiger charge is 2.33. The molecule has 1 N–H and O–H groups in total. The summed E-state index contributed by atoms with van der Waals surface area (Å²) in [4.78, 5) is 25.9. The molecule has 0 aliphatic carbocycles. The Morgan fingerprint density at radius 2 is 2.32 bits per heavy atom. The van der Waals surface area contributed by atoms with Gasteiger partial charge in [0.15, 0.2) is 0 Å². The molecular formula is C16H21BrN2O3. The number of benzene rings is 1. The molecule has 1 unspecified atom stereocenters. The molecule has 1 aliphatic rings. The van der Waals surface area contributed by atoms with Gasteiger partial charge in [-0.2, -0.15) is 0 Å². The summed E-state index contributed by atoms with van der Waals surface area (Å²) in [6.07, 6.45) is 1.08. The molecule has 0 radical (unpaired) electrons. The Labute approximate surface area is 139 Å². The Hall–Kier alpha value is -1.40. The van der Waals surface area contributed by atoms with E-state index in [9.17, 15) is 9.59 Å². The first-order chi connectivity index (χ1) is 10.6. The van der Waals surface area contributed by atoms with Crippen molar-refractivity contribution in [3.8, 4) is 0 Å². The maximum Gasteiger partial charge on any atom is 0.225 e. The highest BCUT2D eigenvalue weighted by atomic mass is 79.9. The van der Waals surface area contributed by atoms with Crippen LogP contribution in [0.25, 0.3) is 0 Å². The second-order valence-corrected chi connectivity index (χ2v) is 6.36. The Morgan fingerprint density at radius 1 is 1.50 bits per heavy atom. The van der Waals surface area contributed by atoms with E-state index >= 15 is 0 Å². The molecule has 1 aromatic rings. The van der Waals surface area contributed by atoms with Gasteiger partial charge in [-0.25, -0.2) is 0 Å². The van der Waals surface area contributed by atoms with Gasteiger partial charge in [0.05, 0.1) is 5.92 Å². The zero-order chi connectivity index (χ0) is 15.9. The van der Waals surface area contributed by atoms with Gasteiger partial charge in [-0.15, -0.1) is 0 Å². The molecule has 1 heterocycles. The fourth-order valence-corrected chi connectivity index (χ4v) is 2.98. The largest absolute Gasteiger partial charge is 0.385 e. The molecule has 0 aromatic heterocycles. The van der Waals surface area contributed by atoms with Crippen molar-refractivity contribution in [3.63, 3.8) is 0 Å². The molecule has 6 heteroatoms. The SMILES string of the molecule is COCCCNC(=O)C1CC(=O)N(Cc2cccc(Br)c2)C1. The van der Waals surface area contributed by atoms with Crippen molar-refractivity contribution in [1.29, 1.82) is 0 Å². The number of ether oxygens (including phenoxy) is 1. The van der Waals surface area contributed by atoms with Crippen LogP contribution in [-0.4, -0.2) is 43.5 Å². The molecule has 5 nitrogen and oxygen atoms in total. The Bertz CT molecular complexity index is 536. The molecular weight excluding hydrogens is 348 g/mol. The van der Waals surface area contributed by atoms with Crippen molar-refractivity contribution in [3.05, 3.63) is 34.3 Å². The van der Waals surface area contributed by atoms with Crippen molar-refractivity contribution in [2.24, 2.45) is 5.92 Å². The van der Waals surface area contributed by atoms with Crippen LogP contribution in [0.3, 0.4) is 0 Å². The quantitative estimate of drug-likeness (QED) is 0.748. The third-order valence-electron chi connectivity index (χ3n) is 3.67. The van der Waals surface area contributed by atoms with Crippen molar-refractivity contribution in [2.75, 3.05) is 26.8 Å². The van der Waals surface area contributed by atoms with Gasteiger partial charge in [0.25, 0.3) is 0 Å². The maximum absolute atomic E-state index is 12.1. The van der Waals surface area contributed by atoms with Crippen LogP contribution in [0.1, 0.15) is 18.4 Å². The minimum atomic E-state index is -0.248. The highest BCUT2D eigenvalue weighted by molar-refractivity contribution is 9.10. The molecule has 1 aromatic carbocycles. The minimum Gasteiger partial charge on any atom is -0.385 e. The van der Waals surface area contributed by atoms with E-state index in [2.05, 4.69) is 21.2 Å². The number of hydrogen-bond acceptors (Lipinski definition) is 3. The third kappa shape index (κ3) is 4.81. The van der Waals surface area contributed by atoms with Crippen molar-refractivity contribution < 1.29 is 14.3 Å². The highest BCUT2D eigenvalue weighted by Crippen LogP contribution is 2.21. The van der Waals surface area contributed by atoms with Gasteiger partial charge in [-0.05, 0) is 24.1 Å². The predicted octanol–water partition coefficient (Wildman–Crippen LogP) is 1.95. The van der Waals surface area contributed by atoms with E-state index in [1.807, 2.05) is 24.3 Å². The van der Waals surface area contributed by atoms with Gasteiger partial charge in [0, 0.05) is 44.2 Å². The monoisotopic (exact) mass is 368 g/mol. The molecule has 2 rings (SSSR count). The summed E-state index contributed by atoms with van der Waals surface area (Å²) in [5.41, 5.74) is 1.06. The number of methoxy groups -OCH3 is 1. The van der Waals surface area contributed by atoms with Crippen LogP contribution in [0.15, 0.2) is 28.7 Å². The summed E-state index contributed by atoms with van der Waals surface area (Å²) in [5, 5.41) is 2.87. The van der Waals surface area contributed by atoms with E-state index in [-0.39, 0.29) is 17.7 Å². The normalized spacial score (nSPS) is 17.8. The molecule has 1 fully saturated rings. The summed E-state index contributed by atoms with van der Waals surface area (Å²) in [6.45, 7) is 2.25. The fraction of sp³-hybridized carbons (Fsp3) is 0.500. The van der Waals surface area contributed by atoms with Crippen LogP contribution in [0.4, 0.5) is 0 Å². The predicted molar refractivity (Wildman–Crippen MR) is 87.2 cm³/mol. The molecule has 2 amide bonds. The van der Waals surface area contributed by atoms with E-state index in [1.165, 1.54) is 0 Å². The summed E-state index contributed by atoms with van der Waals surface area (Å²) in [6, 6.07) is 7.87. The van der Waals surface area contributed by atoms with E-state index in [4.69, 9.17) is 4.74 Å². The lowest BCUT2D eigenvalue weighted by Gasteiger charge is -2.17. The number of rotatable bonds is 7. The topological polar surface area (TPSA) is 58.6 Å². The number of carbonyl (C=O) groups excluding carboxylic acids is 2. The first-order valence-corrected chi connectivity index (χ1v) is 8.18. The lowest BCUT2D eigenvalue weighted by Crippen LogP contribution is -2.33. The Kier molecular flexibility index (Phi) is 6.39. The third-order valence-corrected chi connectivity index (χ3v) is 4.17. The molecule has 0 spiro atoms. The van der Waals surface area contributed by atoms with Gasteiger partial charge in [-0.3, -0.25) is 9.59 Å². The first kappa shape index (κ1) is 17.0. The van der Waals surface area contributed by atoms with E-state index < -0.39 is 0 Å². The van der Waals surface area contributed by atoms with Crippen molar-refractivity contribution in [1.82, 2.24) is 10.2 Å². The Balaban J connectivity index is 1.84. The van der Waals surface area contributed by atoms with E-state index in [1.54, 1.807) is 12.0 Å². The van der Waals surface area contributed by atoms with Gasteiger partial charge in [0.2, 0.25) is 11.8 Å². The summed E-state index contributed by atoms with van der Waals surface area (Å²) in [7, 11) is 1.64. The van der Waals surface area contributed by atoms with E-state index in [0.717, 1.165) is 16.5 Å². The van der Waals surface area contributed by atoms with Gasteiger partial charge < -0.3 is 15.0 Å². The lowest BCUT2D eigenvalue weighted by atomic mass is 10.1. The second-order valence-electron chi connectivity index (χ2n) is 5.44. The summed E-state index contributed by atoms with van der Waals surface area (Å²) in [5.74, 6) is -0.250.